The van der Waals surface area contributed by atoms with Gasteiger partial charge in [0.25, 0.3) is 0 Å². The second-order valence-electron chi connectivity index (χ2n) is 2.57. The molecule has 14 heavy (non-hydrogen) atoms. The molecule has 1 rings (SSSR count). The van der Waals surface area contributed by atoms with E-state index in [4.69, 9.17) is 9.84 Å². The number of aliphatic hydroxyl groups is 1. The predicted octanol–water partition coefficient (Wildman–Crippen LogP) is 1.06. The first-order chi connectivity index (χ1) is 6.81. The van der Waals surface area contributed by atoms with Crippen molar-refractivity contribution in [1.29, 1.82) is 0 Å². The smallest absolute Gasteiger partial charge is 0.155 e. The monoisotopic (exact) mass is 202 g/mol. The van der Waals surface area contributed by atoms with Gasteiger partial charge in [-0.1, -0.05) is 0 Å². The molecule has 0 fully saturated rings. The standard InChI is InChI=1S/C9H10F2NO2/c10-4-7(5-11)14-9-2-1-3-12-8(9)6-13/h1,3,7,13H,4-6H2. The van der Waals surface area contributed by atoms with Gasteiger partial charge in [0, 0.05) is 12.3 Å². The Bertz CT molecular complexity index is 279. The van der Waals surface area contributed by atoms with Crippen LogP contribution in [0.3, 0.4) is 0 Å². The third kappa shape index (κ3) is 2.63. The van der Waals surface area contributed by atoms with Gasteiger partial charge in [-0.15, -0.1) is 0 Å². The minimum atomic E-state index is -1.15. The van der Waals surface area contributed by atoms with Gasteiger partial charge in [0.2, 0.25) is 0 Å². The number of rotatable bonds is 5. The van der Waals surface area contributed by atoms with E-state index in [1.807, 2.05) is 0 Å². The van der Waals surface area contributed by atoms with Crippen LogP contribution in [0.2, 0.25) is 0 Å². The second kappa shape index (κ2) is 5.49. The summed E-state index contributed by atoms with van der Waals surface area (Å²) in [5.41, 5.74) is 0.222. The van der Waals surface area contributed by atoms with Gasteiger partial charge in [-0.25, -0.2) is 8.78 Å². The summed E-state index contributed by atoms with van der Waals surface area (Å²) in [4.78, 5) is 3.77. The van der Waals surface area contributed by atoms with Gasteiger partial charge in [0.05, 0.1) is 6.61 Å². The minimum Gasteiger partial charge on any atom is -0.482 e. The molecule has 5 heteroatoms. The zero-order valence-corrected chi connectivity index (χ0v) is 7.41. The van der Waals surface area contributed by atoms with Gasteiger partial charge in [0.15, 0.2) is 11.9 Å². The molecule has 3 nitrogen and oxygen atoms in total. The molecule has 0 aliphatic heterocycles. The maximum Gasteiger partial charge on any atom is 0.155 e. The van der Waals surface area contributed by atoms with Gasteiger partial charge >= 0.3 is 0 Å². The van der Waals surface area contributed by atoms with E-state index in [1.165, 1.54) is 12.3 Å². The first kappa shape index (κ1) is 10.8. The Morgan fingerprint density at radius 2 is 2.21 bits per heavy atom. The second-order valence-corrected chi connectivity index (χ2v) is 2.57. The lowest BCUT2D eigenvalue weighted by Gasteiger charge is -2.13. The molecule has 0 aromatic carbocycles. The molecule has 0 bridgehead atoms. The van der Waals surface area contributed by atoms with E-state index in [-0.39, 0.29) is 18.1 Å². The number of aliphatic hydroxyl groups excluding tert-OH is 1. The van der Waals surface area contributed by atoms with Crippen molar-refractivity contribution in [2.75, 3.05) is 13.3 Å². The molecule has 1 aromatic rings. The molecule has 0 saturated heterocycles. The number of ether oxygens (including phenoxy) is 1. The SMILES string of the molecule is OCc1ncc[c]c1OC(CF)CF. The average Bonchev–Trinajstić information content (AvgIpc) is 2.26. The molecule has 77 valence electrons. The fourth-order valence-corrected chi connectivity index (χ4v) is 0.868. The summed E-state index contributed by atoms with van der Waals surface area (Å²) in [6, 6.07) is 4.06. The van der Waals surface area contributed by atoms with Crippen LogP contribution >= 0.6 is 0 Å². The summed E-state index contributed by atoms with van der Waals surface area (Å²) in [6.45, 7) is -2.20. The summed E-state index contributed by atoms with van der Waals surface area (Å²) in [5, 5.41) is 8.83. The summed E-state index contributed by atoms with van der Waals surface area (Å²) < 4.78 is 29.1. The van der Waals surface area contributed by atoms with E-state index in [1.54, 1.807) is 0 Å². The first-order valence-corrected chi connectivity index (χ1v) is 4.06. The number of aromatic nitrogens is 1. The van der Waals surface area contributed by atoms with Crippen molar-refractivity contribution in [3.8, 4) is 5.75 Å². The third-order valence-corrected chi connectivity index (χ3v) is 1.56. The summed E-state index contributed by atoms with van der Waals surface area (Å²) in [5.74, 6) is 0.0929. The van der Waals surface area contributed by atoms with Crippen LogP contribution in [0.4, 0.5) is 8.78 Å². The maximum absolute atomic E-state index is 12.1. The fraction of sp³-hybridized carbons (Fsp3) is 0.444. The van der Waals surface area contributed by atoms with Crippen molar-refractivity contribution in [2.24, 2.45) is 0 Å². The molecule has 0 aliphatic carbocycles. The quantitative estimate of drug-likeness (QED) is 0.776. The predicted molar refractivity (Wildman–Crippen MR) is 45.4 cm³/mol. The summed E-state index contributed by atoms with van der Waals surface area (Å²) in [7, 11) is 0. The van der Waals surface area contributed by atoms with Crippen molar-refractivity contribution >= 4 is 0 Å². The minimum absolute atomic E-state index is 0.0929. The van der Waals surface area contributed by atoms with Crippen molar-refractivity contribution in [2.45, 2.75) is 12.7 Å². The van der Waals surface area contributed by atoms with Crippen LogP contribution in [0.25, 0.3) is 0 Å². The van der Waals surface area contributed by atoms with Gasteiger partial charge in [0.1, 0.15) is 19.0 Å². The Morgan fingerprint density at radius 1 is 1.50 bits per heavy atom. The van der Waals surface area contributed by atoms with Crippen LogP contribution in [0.5, 0.6) is 5.75 Å². The lowest BCUT2D eigenvalue weighted by atomic mass is 10.3. The molecular formula is C9H10F2NO2. The maximum atomic E-state index is 12.1. The highest BCUT2D eigenvalue weighted by molar-refractivity contribution is 5.24. The van der Waals surface area contributed by atoms with E-state index < -0.39 is 19.5 Å². The molecule has 0 spiro atoms. The zero-order chi connectivity index (χ0) is 10.4. The molecule has 1 radical (unpaired) electrons. The molecular weight excluding hydrogens is 192 g/mol. The van der Waals surface area contributed by atoms with Crippen LogP contribution in [0, 0.1) is 6.07 Å². The molecule has 1 aromatic heterocycles. The van der Waals surface area contributed by atoms with Crippen molar-refractivity contribution in [3.63, 3.8) is 0 Å². The average molecular weight is 202 g/mol. The Morgan fingerprint density at radius 3 is 2.79 bits per heavy atom. The third-order valence-electron chi connectivity index (χ3n) is 1.56. The van der Waals surface area contributed by atoms with Crippen LogP contribution in [-0.2, 0) is 6.61 Å². The number of hydrogen-bond donors (Lipinski definition) is 1. The van der Waals surface area contributed by atoms with E-state index in [0.29, 0.717) is 0 Å². The van der Waals surface area contributed by atoms with Crippen molar-refractivity contribution < 1.29 is 18.6 Å². The van der Waals surface area contributed by atoms with Crippen molar-refractivity contribution in [1.82, 2.24) is 4.98 Å². The van der Waals surface area contributed by atoms with Crippen molar-refractivity contribution in [3.05, 3.63) is 24.0 Å². The highest BCUT2D eigenvalue weighted by atomic mass is 19.1. The molecule has 0 amide bonds. The molecule has 0 aliphatic rings. The first-order valence-electron chi connectivity index (χ1n) is 4.06. The molecule has 0 atom stereocenters. The highest BCUT2D eigenvalue weighted by Gasteiger charge is 2.12. The lowest BCUT2D eigenvalue weighted by molar-refractivity contribution is 0.128. The molecule has 0 unspecified atom stereocenters. The van der Waals surface area contributed by atoms with Crippen LogP contribution < -0.4 is 4.74 Å². The number of pyridine rings is 1. The van der Waals surface area contributed by atoms with Crippen LogP contribution in [-0.4, -0.2) is 29.5 Å². The molecule has 1 N–H and O–H groups in total. The Balaban J connectivity index is 2.74. The zero-order valence-electron chi connectivity index (χ0n) is 7.41. The van der Waals surface area contributed by atoms with E-state index in [9.17, 15) is 8.78 Å². The van der Waals surface area contributed by atoms with E-state index in [2.05, 4.69) is 11.1 Å². The normalized spacial score (nSPS) is 10.6. The number of halogens is 2. The number of nitrogens with zero attached hydrogens (tertiary/aromatic N) is 1. The Labute approximate surface area is 80.3 Å². The van der Waals surface area contributed by atoms with Gasteiger partial charge in [-0.2, -0.15) is 0 Å². The van der Waals surface area contributed by atoms with Crippen LogP contribution in [0.1, 0.15) is 5.69 Å². The molecule has 0 saturated carbocycles. The van der Waals surface area contributed by atoms with Gasteiger partial charge in [-0.05, 0) is 6.07 Å². The summed E-state index contributed by atoms with van der Waals surface area (Å²) in [6.07, 6.45) is 0.263. The Kier molecular flexibility index (Phi) is 4.25. The number of hydrogen-bond acceptors (Lipinski definition) is 3. The number of alkyl halides is 2. The fourth-order valence-electron chi connectivity index (χ4n) is 0.868. The molecule has 1 heterocycles. The lowest BCUT2D eigenvalue weighted by Crippen LogP contribution is -2.22. The van der Waals surface area contributed by atoms with E-state index in [0.717, 1.165) is 0 Å². The van der Waals surface area contributed by atoms with E-state index >= 15 is 0 Å². The summed E-state index contributed by atoms with van der Waals surface area (Å²) >= 11 is 0. The topological polar surface area (TPSA) is 42.4 Å². The Hall–Kier alpha value is -1.23. The van der Waals surface area contributed by atoms with Gasteiger partial charge in [-0.3, -0.25) is 4.98 Å². The largest absolute Gasteiger partial charge is 0.482 e. The van der Waals surface area contributed by atoms with Crippen LogP contribution in [0.15, 0.2) is 12.3 Å². The van der Waals surface area contributed by atoms with Gasteiger partial charge < -0.3 is 9.84 Å². The highest BCUT2D eigenvalue weighted by Crippen LogP contribution is 2.16.